The Bertz CT molecular complexity index is 279. The average Bonchev–Trinajstić information content (AvgIpc) is 2.14. The van der Waals surface area contributed by atoms with Crippen molar-refractivity contribution in [3.05, 3.63) is 0 Å². The topological polar surface area (TPSA) is 43.8 Å². The van der Waals surface area contributed by atoms with Crippen LogP contribution >= 0.6 is 0 Å². The lowest BCUT2D eigenvalue weighted by molar-refractivity contribution is -0.000766. The molecule has 0 aromatic rings. The van der Waals surface area contributed by atoms with Crippen LogP contribution in [0.3, 0.4) is 0 Å². The Morgan fingerprint density at radius 2 is 2.00 bits per heavy atom. The Labute approximate surface area is 100 Å². The van der Waals surface area contributed by atoms with E-state index in [0.717, 1.165) is 0 Å². The highest BCUT2D eigenvalue weighted by atomic mass is 19.3. The maximum absolute atomic E-state index is 12.3. The highest BCUT2D eigenvalue weighted by Crippen LogP contribution is 2.28. The van der Waals surface area contributed by atoms with Gasteiger partial charge in [-0.1, -0.05) is 20.8 Å². The number of piperazine rings is 1. The summed E-state index contributed by atoms with van der Waals surface area (Å²) in [7, 11) is 0. The van der Waals surface area contributed by atoms with E-state index < -0.39 is 12.5 Å². The lowest BCUT2D eigenvalue weighted by atomic mass is 9.84. The summed E-state index contributed by atoms with van der Waals surface area (Å²) in [6, 6.07) is -0.243. The quantitative estimate of drug-likeness (QED) is 0.814. The highest BCUT2D eigenvalue weighted by molar-refractivity contribution is 5.65. The first-order chi connectivity index (χ1) is 7.71. The van der Waals surface area contributed by atoms with Gasteiger partial charge in [-0.05, 0) is 5.41 Å². The SMILES string of the molecule is CC(C)(C)C1CN(CC(F)F)CCN1C(=O)O. The predicted molar refractivity (Wildman–Crippen MR) is 60.4 cm³/mol. The molecule has 17 heavy (non-hydrogen) atoms. The van der Waals surface area contributed by atoms with Crippen molar-refractivity contribution < 1.29 is 18.7 Å². The van der Waals surface area contributed by atoms with E-state index in [-0.39, 0.29) is 18.0 Å². The molecular formula is C11H20F2N2O2. The van der Waals surface area contributed by atoms with E-state index in [1.165, 1.54) is 4.90 Å². The maximum Gasteiger partial charge on any atom is 0.407 e. The molecule has 0 aromatic heterocycles. The number of rotatable bonds is 2. The van der Waals surface area contributed by atoms with Gasteiger partial charge in [0, 0.05) is 19.6 Å². The molecule has 1 aliphatic heterocycles. The van der Waals surface area contributed by atoms with E-state index >= 15 is 0 Å². The minimum absolute atomic E-state index is 0.243. The van der Waals surface area contributed by atoms with Crippen molar-refractivity contribution in [1.29, 1.82) is 0 Å². The summed E-state index contributed by atoms with van der Waals surface area (Å²) in [5.41, 5.74) is -0.251. The van der Waals surface area contributed by atoms with E-state index in [2.05, 4.69) is 0 Å². The number of hydrogen-bond donors (Lipinski definition) is 1. The summed E-state index contributed by atoms with van der Waals surface area (Å²) in [6.45, 7) is 6.56. The second-order valence-corrected chi connectivity index (χ2v) is 5.51. The molecule has 0 saturated carbocycles. The molecule has 0 radical (unpaired) electrons. The van der Waals surface area contributed by atoms with Crippen LogP contribution in [-0.2, 0) is 0 Å². The Kier molecular flexibility index (Phi) is 4.30. The van der Waals surface area contributed by atoms with Crippen LogP contribution < -0.4 is 0 Å². The second kappa shape index (κ2) is 5.16. The summed E-state index contributed by atoms with van der Waals surface area (Å²) in [5.74, 6) is 0. The molecule has 1 aliphatic rings. The van der Waals surface area contributed by atoms with E-state index in [1.54, 1.807) is 4.90 Å². The van der Waals surface area contributed by atoms with Gasteiger partial charge in [0.25, 0.3) is 6.43 Å². The zero-order chi connectivity index (χ0) is 13.2. The first kappa shape index (κ1) is 14.2. The van der Waals surface area contributed by atoms with Gasteiger partial charge in [0.15, 0.2) is 0 Å². The number of hydrogen-bond acceptors (Lipinski definition) is 2. The molecule has 1 fully saturated rings. The maximum atomic E-state index is 12.3. The van der Waals surface area contributed by atoms with Gasteiger partial charge < -0.3 is 10.0 Å². The number of carbonyl (C=O) groups is 1. The van der Waals surface area contributed by atoms with Gasteiger partial charge in [-0.15, -0.1) is 0 Å². The minimum Gasteiger partial charge on any atom is -0.465 e. The fourth-order valence-corrected chi connectivity index (χ4v) is 2.17. The van der Waals surface area contributed by atoms with Crippen LogP contribution in [0.4, 0.5) is 13.6 Å². The third-order valence-corrected chi connectivity index (χ3v) is 3.11. The van der Waals surface area contributed by atoms with Crippen LogP contribution in [-0.4, -0.2) is 59.6 Å². The molecule has 1 unspecified atom stereocenters. The second-order valence-electron chi connectivity index (χ2n) is 5.51. The van der Waals surface area contributed by atoms with Gasteiger partial charge in [-0.25, -0.2) is 13.6 Å². The smallest absolute Gasteiger partial charge is 0.407 e. The average molecular weight is 250 g/mol. The van der Waals surface area contributed by atoms with Crippen LogP contribution in [0.5, 0.6) is 0 Å². The lowest BCUT2D eigenvalue weighted by Crippen LogP contribution is -2.59. The first-order valence-corrected chi connectivity index (χ1v) is 5.72. The monoisotopic (exact) mass is 250 g/mol. The number of amides is 1. The van der Waals surface area contributed by atoms with E-state index in [0.29, 0.717) is 19.6 Å². The summed E-state index contributed by atoms with van der Waals surface area (Å²) in [6.07, 6.45) is -3.34. The van der Waals surface area contributed by atoms with Crippen LogP contribution in [0, 0.1) is 5.41 Å². The van der Waals surface area contributed by atoms with E-state index in [4.69, 9.17) is 5.11 Å². The van der Waals surface area contributed by atoms with Crippen LogP contribution in [0.25, 0.3) is 0 Å². The van der Waals surface area contributed by atoms with Crippen LogP contribution in [0.1, 0.15) is 20.8 Å². The molecule has 0 bridgehead atoms. The van der Waals surface area contributed by atoms with E-state index in [1.807, 2.05) is 20.8 Å². The van der Waals surface area contributed by atoms with Crippen molar-refractivity contribution in [3.63, 3.8) is 0 Å². The normalized spacial score (nSPS) is 23.2. The molecule has 1 N–H and O–H groups in total. The van der Waals surface area contributed by atoms with Gasteiger partial charge in [0.1, 0.15) is 0 Å². The Morgan fingerprint density at radius 1 is 1.41 bits per heavy atom. The third kappa shape index (κ3) is 3.80. The first-order valence-electron chi connectivity index (χ1n) is 5.72. The van der Waals surface area contributed by atoms with Crippen molar-refractivity contribution >= 4 is 6.09 Å². The molecule has 0 aromatic carbocycles. The molecule has 1 rings (SSSR count). The van der Waals surface area contributed by atoms with Crippen molar-refractivity contribution in [2.24, 2.45) is 5.41 Å². The molecule has 1 atom stereocenters. The summed E-state index contributed by atoms with van der Waals surface area (Å²) >= 11 is 0. The summed E-state index contributed by atoms with van der Waals surface area (Å²) < 4.78 is 24.7. The molecule has 100 valence electrons. The minimum atomic E-state index is -2.37. The van der Waals surface area contributed by atoms with Gasteiger partial charge in [0.05, 0.1) is 12.6 Å². The lowest BCUT2D eigenvalue weighted by Gasteiger charge is -2.45. The van der Waals surface area contributed by atoms with Crippen LogP contribution in [0.2, 0.25) is 0 Å². The summed E-state index contributed by atoms with van der Waals surface area (Å²) in [5, 5.41) is 9.10. The molecular weight excluding hydrogens is 230 g/mol. The van der Waals surface area contributed by atoms with Crippen molar-refractivity contribution in [2.75, 3.05) is 26.2 Å². The molecule has 1 heterocycles. The number of carboxylic acid groups (broad SMARTS) is 1. The molecule has 1 amide bonds. The molecule has 0 aliphatic carbocycles. The Balaban J connectivity index is 2.74. The van der Waals surface area contributed by atoms with Crippen LogP contribution in [0.15, 0.2) is 0 Å². The zero-order valence-electron chi connectivity index (χ0n) is 10.5. The molecule has 6 heteroatoms. The largest absolute Gasteiger partial charge is 0.465 e. The number of nitrogens with zero attached hydrogens (tertiary/aromatic N) is 2. The van der Waals surface area contributed by atoms with Crippen molar-refractivity contribution in [1.82, 2.24) is 9.80 Å². The predicted octanol–water partition coefficient (Wildman–Crippen LogP) is 1.96. The zero-order valence-corrected chi connectivity index (χ0v) is 10.5. The fourth-order valence-electron chi connectivity index (χ4n) is 2.17. The number of alkyl halides is 2. The highest BCUT2D eigenvalue weighted by Gasteiger charge is 2.38. The Morgan fingerprint density at radius 3 is 2.41 bits per heavy atom. The molecule has 1 saturated heterocycles. The Hall–Kier alpha value is -0.910. The van der Waals surface area contributed by atoms with Crippen molar-refractivity contribution in [3.8, 4) is 0 Å². The fraction of sp³-hybridized carbons (Fsp3) is 0.909. The van der Waals surface area contributed by atoms with Gasteiger partial charge >= 0.3 is 6.09 Å². The van der Waals surface area contributed by atoms with Gasteiger partial charge in [-0.2, -0.15) is 0 Å². The number of halogens is 2. The third-order valence-electron chi connectivity index (χ3n) is 3.11. The standard InChI is InChI=1S/C11H20F2N2O2/c1-11(2,3)8-6-14(7-9(12)13)4-5-15(8)10(16)17/h8-9H,4-7H2,1-3H3,(H,16,17). The van der Waals surface area contributed by atoms with Crippen molar-refractivity contribution in [2.45, 2.75) is 33.2 Å². The molecule has 0 spiro atoms. The van der Waals surface area contributed by atoms with E-state index in [9.17, 15) is 13.6 Å². The van der Waals surface area contributed by atoms with Gasteiger partial charge in [0.2, 0.25) is 0 Å². The molecule has 4 nitrogen and oxygen atoms in total. The van der Waals surface area contributed by atoms with Gasteiger partial charge in [-0.3, -0.25) is 4.90 Å². The summed E-state index contributed by atoms with van der Waals surface area (Å²) in [4.78, 5) is 14.1.